The first kappa shape index (κ1) is 44.7. The van der Waals surface area contributed by atoms with Crippen molar-refractivity contribution in [3.63, 3.8) is 0 Å². The van der Waals surface area contributed by atoms with Crippen molar-refractivity contribution in [2.75, 3.05) is 13.7 Å². The van der Waals surface area contributed by atoms with Gasteiger partial charge < -0.3 is 56.5 Å². The topological polar surface area (TPSA) is 268 Å². The number of benzene rings is 2. The molecule has 316 valence electrons. The molecule has 1 saturated heterocycles. The van der Waals surface area contributed by atoms with Gasteiger partial charge in [0.2, 0.25) is 29.3 Å². The number of fused-ring (bicyclic) bond motifs is 1. The molecule has 0 bridgehead atoms. The van der Waals surface area contributed by atoms with E-state index in [-0.39, 0.29) is 17.1 Å². The maximum atomic E-state index is 14.4. The van der Waals surface area contributed by atoms with Gasteiger partial charge in [0.15, 0.2) is 40.8 Å². The van der Waals surface area contributed by atoms with Crippen LogP contribution in [-0.2, 0) is 62.0 Å². The van der Waals surface area contributed by atoms with Crippen LogP contribution < -0.4 is 33.8 Å². The molecule has 3 aromatic rings. The lowest BCUT2D eigenvalue weighted by atomic mass is 9.98. The molecule has 21 nitrogen and oxygen atoms in total. The van der Waals surface area contributed by atoms with Crippen molar-refractivity contribution in [3.8, 4) is 45.8 Å². The normalized spacial score (nSPS) is 18.4. The molecule has 2 heterocycles. The highest BCUT2D eigenvalue weighted by Gasteiger charge is 2.53. The fourth-order valence-corrected chi connectivity index (χ4v) is 5.72. The molecule has 1 aliphatic heterocycles. The van der Waals surface area contributed by atoms with E-state index in [2.05, 4.69) is 0 Å². The van der Waals surface area contributed by atoms with Crippen molar-refractivity contribution in [2.24, 2.45) is 0 Å². The summed E-state index contributed by atoms with van der Waals surface area (Å²) >= 11 is 0. The average Bonchev–Trinajstić information content (AvgIpc) is 3.11. The second kappa shape index (κ2) is 18.9. The van der Waals surface area contributed by atoms with Crippen LogP contribution in [0.4, 0.5) is 0 Å². The Kier molecular flexibility index (Phi) is 14.3. The van der Waals surface area contributed by atoms with Crippen LogP contribution in [0.25, 0.3) is 22.3 Å². The highest BCUT2D eigenvalue weighted by Crippen LogP contribution is 2.46. The van der Waals surface area contributed by atoms with E-state index in [9.17, 15) is 43.2 Å². The van der Waals surface area contributed by atoms with Crippen molar-refractivity contribution in [1.82, 2.24) is 0 Å². The molecule has 1 fully saturated rings. The van der Waals surface area contributed by atoms with Gasteiger partial charge in [-0.25, -0.2) is 0 Å². The predicted octanol–water partition coefficient (Wildman–Crippen LogP) is 2.63. The third kappa shape index (κ3) is 11.1. The molecule has 21 heteroatoms. The van der Waals surface area contributed by atoms with Crippen LogP contribution in [0.5, 0.6) is 34.5 Å². The van der Waals surface area contributed by atoms with E-state index < -0.39 is 130 Å². The first-order valence-corrected chi connectivity index (χ1v) is 17.3. The van der Waals surface area contributed by atoms with E-state index in [1.807, 2.05) is 0 Å². The summed E-state index contributed by atoms with van der Waals surface area (Å²) < 4.78 is 66.4. The summed E-state index contributed by atoms with van der Waals surface area (Å²) in [6.07, 6.45) is -8.51. The lowest BCUT2D eigenvalue weighted by molar-refractivity contribution is -0.288. The highest BCUT2D eigenvalue weighted by molar-refractivity contribution is 5.97. The first-order chi connectivity index (χ1) is 27.7. The van der Waals surface area contributed by atoms with Gasteiger partial charge in [0.1, 0.15) is 23.8 Å². The summed E-state index contributed by atoms with van der Waals surface area (Å²) in [6, 6.07) is 4.72. The molecule has 5 atom stereocenters. The van der Waals surface area contributed by atoms with E-state index in [1.54, 1.807) is 0 Å². The quantitative estimate of drug-likeness (QED) is 0.136. The number of carbonyl (C=O) groups excluding carboxylic acids is 8. The Labute approximate surface area is 333 Å². The number of hydrogen-bond donors (Lipinski definition) is 0. The van der Waals surface area contributed by atoms with Gasteiger partial charge in [0.25, 0.3) is 0 Å². The molecule has 4 rings (SSSR count). The maximum Gasteiger partial charge on any atom is 0.308 e. The summed E-state index contributed by atoms with van der Waals surface area (Å²) in [4.78, 5) is 112. The summed E-state index contributed by atoms with van der Waals surface area (Å²) in [6.45, 7) is 7.51. The number of ether oxygens (including phenoxy) is 11. The Bertz CT molecular complexity index is 2250. The summed E-state index contributed by atoms with van der Waals surface area (Å²) in [5.41, 5.74) is -1.82. The van der Waals surface area contributed by atoms with Crippen molar-refractivity contribution < 1.29 is 94.9 Å². The lowest BCUT2D eigenvalue weighted by Gasteiger charge is -2.44. The number of methoxy groups -OCH3 is 1. The standard InChI is InChI=1S/C38H38O21/c1-15(39)49-14-28-33(53-19(5)43)36(55-21(7)45)37(56-22(8)46)38(58-28)57-27-13-26(51-17(3)41)29-30(47)35(54-20(6)44)31(59-34(29)32(27)52-18(4)42)23-10-11-24(50-16(2)40)25(12-23)48-9/h10-13,28,33,36-38H,14H2,1-9H3/t28-,33-,36+,37-,38-/m1/s1. The van der Waals surface area contributed by atoms with E-state index >= 15 is 0 Å². The largest absolute Gasteiger partial charge is 0.493 e. The van der Waals surface area contributed by atoms with Gasteiger partial charge >= 0.3 is 47.8 Å². The average molecular weight is 831 g/mol. The van der Waals surface area contributed by atoms with E-state index in [4.69, 9.17) is 56.5 Å². The van der Waals surface area contributed by atoms with Crippen molar-refractivity contribution in [3.05, 3.63) is 34.5 Å². The minimum absolute atomic E-state index is 0.0262. The summed E-state index contributed by atoms with van der Waals surface area (Å²) in [7, 11) is 1.25. The monoisotopic (exact) mass is 830 g/mol. The van der Waals surface area contributed by atoms with E-state index in [1.165, 1.54) is 25.3 Å². The number of hydrogen-bond acceptors (Lipinski definition) is 21. The molecule has 1 aliphatic rings. The summed E-state index contributed by atoms with van der Waals surface area (Å²) in [5.74, 6) is -10.5. The van der Waals surface area contributed by atoms with Crippen LogP contribution >= 0.6 is 0 Å². The fourth-order valence-electron chi connectivity index (χ4n) is 5.72. The number of esters is 8. The predicted molar refractivity (Wildman–Crippen MR) is 192 cm³/mol. The molecular formula is C38H38O21. The molecule has 0 saturated carbocycles. The lowest BCUT2D eigenvalue weighted by Crippen LogP contribution is -2.63. The zero-order chi connectivity index (χ0) is 43.9. The van der Waals surface area contributed by atoms with Crippen LogP contribution in [0.2, 0.25) is 0 Å². The Morgan fingerprint density at radius 2 is 1.12 bits per heavy atom. The Balaban J connectivity index is 2.09. The van der Waals surface area contributed by atoms with Crippen LogP contribution in [-0.4, -0.2) is 92.2 Å². The molecule has 0 unspecified atom stereocenters. The van der Waals surface area contributed by atoms with Crippen LogP contribution in [0, 0.1) is 0 Å². The molecule has 0 radical (unpaired) electrons. The second-order valence-corrected chi connectivity index (χ2v) is 12.4. The van der Waals surface area contributed by atoms with Gasteiger partial charge in [-0.05, 0) is 18.2 Å². The molecule has 59 heavy (non-hydrogen) atoms. The molecule has 2 aromatic carbocycles. The van der Waals surface area contributed by atoms with Crippen LogP contribution in [0.15, 0.2) is 33.5 Å². The smallest absolute Gasteiger partial charge is 0.308 e. The SMILES string of the molecule is COc1cc(-c2oc3c(OC(C)=O)c(O[C@@H]4O[C@H](COC(C)=O)[C@@H](OC(C)=O)[C@H](OC(C)=O)[C@H]4OC(C)=O)cc(OC(C)=O)c3c(=O)c2OC(C)=O)ccc1OC(C)=O. The van der Waals surface area contributed by atoms with E-state index in [0.29, 0.717) is 0 Å². The van der Waals surface area contributed by atoms with Crippen molar-refractivity contribution in [2.45, 2.75) is 86.1 Å². The fraction of sp³-hybridized carbons (Fsp3) is 0.395. The Morgan fingerprint density at radius 3 is 1.66 bits per heavy atom. The first-order valence-electron chi connectivity index (χ1n) is 17.3. The second-order valence-electron chi connectivity index (χ2n) is 12.4. The Hall–Kier alpha value is -7.03. The molecule has 0 spiro atoms. The zero-order valence-corrected chi connectivity index (χ0v) is 33.0. The third-order valence-corrected chi connectivity index (χ3v) is 7.63. The van der Waals surface area contributed by atoms with Crippen molar-refractivity contribution in [1.29, 1.82) is 0 Å². The third-order valence-electron chi connectivity index (χ3n) is 7.63. The molecule has 0 amide bonds. The van der Waals surface area contributed by atoms with Gasteiger partial charge in [-0.2, -0.15) is 0 Å². The molecule has 0 aliphatic carbocycles. The van der Waals surface area contributed by atoms with Crippen LogP contribution in [0.1, 0.15) is 55.4 Å². The highest BCUT2D eigenvalue weighted by atomic mass is 16.7. The molecule has 0 N–H and O–H groups in total. The van der Waals surface area contributed by atoms with Gasteiger partial charge in [-0.3, -0.25) is 43.2 Å². The van der Waals surface area contributed by atoms with Crippen LogP contribution in [0.3, 0.4) is 0 Å². The number of carbonyl (C=O) groups is 8. The van der Waals surface area contributed by atoms with E-state index in [0.717, 1.165) is 61.5 Å². The zero-order valence-electron chi connectivity index (χ0n) is 33.0. The van der Waals surface area contributed by atoms with Gasteiger partial charge in [-0.1, -0.05) is 0 Å². The minimum Gasteiger partial charge on any atom is -0.493 e. The Morgan fingerprint density at radius 1 is 0.576 bits per heavy atom. The number of rotatable bonds is 13. The van der Waals surface area contributed by atoms with Crippen molar-refractivity contribution >= 4 is 58.7 Å². The minimum atomic E-state index is -1.93. The molecule has 1 aromatic heterocycles. The van der Waals surface area contributed by atoms with Gasteiger partial charge in [0.05, 0.1) is 7.11 Å². The maximum absolute atomic E-state index is 14.4. The van der Waals surface area contributed by atoms with Gasteiger partial charge in [0, 0.05) is 67.0 Å². The van der Waals surface area contributed by atoms with Gasteiger partial charge in [-0.15, -0.1) is 0 Å². The molecular weight excluding hydrogens is 792 g/mol. The summed E-state index contributed by atoms with van der Waals surface area (Å²) in [5, 5.41) is -0.617.